The summed E-state index contributed by atoms with van der Waals surface area (Å²) in [4.78, 5) is 46.2. The molecular formula is C28H23F3N6O4. The van der Waals surface area contributed by atoms with Gasteiger partial charge in [0.1, 0.15) is 18.4 Å². The van der Waals surface area contributed by atoms with Crippen LogP contribution in [0.25, 0.3) is 27.7 Å². The van der Waals surface area contributed by atoms with Crippen LogP contribution in [-0.4, -0.2) is 78.4 Å². The van der Waals surface area contributed by atoms with Crippen molar-refractivity contribution in [2.24, 2.45) is 0 Å². The van der Waals surface area contributed by atoms with E-state index in [1.807, 2.05) is 0 Å². The highest BCUT2D eigenvalue weighted by atomic mass is 19.3. The van der Waals surface area contributed by atoms with Crippen LogP contribution in [0.1, 0.15) is 23.2 Å². The third-order valence-electron chi connectivity index (χ3n) is 8.07. The number of β-amino-alcohol motifs (C(OH)–C–C–N with tert-alkyl or cyclic N) is 1. The number of imide groups is 1. The van der Waals surface area contributed by atoms with Crippen LogP contribution in [0.3, 0.4) is 0 Å². The molecule has 0 bridgehead atoms. The molecule has 41 heavy (non-hydrogen) atoms. The molecular weight excluding hydrogens is 541 g/mol. The molecule has 6 heterocycles. The lowest BCUT2D eigenvalue weighted by atomic mass is 9.94. The summed E-state index contributed by atoms with van der Waals surface area (Å²) >= 11 is 0. The number of rotatable bonds is 2. The second kappa shape index (κ2) is 8.93. The molecule has 0 spiro atoms. The van der Waals surface area contributed by atoms with Gasteiger partial charge < -0.3 is 14.9 Å². The number of benzene rings is 1. The molecule has 0 aliphatic carbocycles. The zero-order valence-corrected chi connectivity index (χ0v) is 21.5. The summed E-state index contributed by atoms with van der Waals surface area (Å²) in [7, 11) is 0. The van der Waals surface area contributed by atoms with E-state index in [1.54, 1.807) is 40.9 Å². The van der Waals surface area contributed by atoms with E-state index in [0.29, 0.717) is 34.2 Å². The molecule has 1 fully saturated rings. The summed E-state index contributed by atoms with van der Waals surface area (Å²) in [6, 6.07) is 9.43. The first-order chi connectivity index (χ1) is 19.6. The van der Waals surface area contributed by atoms with Gasteiger partial charge in [0.2, 0.25) is 0 Å². The van der Waals surface area contributed by atoms with Crippen LogP contribution in [0.5, 0.6) is 0 Å². The van der Waals surface area contributed by atoms with Gasteiger partial charge in [0.05, 0.1) is 35.1 Å². The largest absolute Gasteiger partial charge is 0.385 e. The Bertz CT molecular complexity index is 1830. The number of pyridine rings is 1. The topological polar surface area (TPSA) is 112 Å². The maximum Gasteiger partial charge on any atom is 0.321 e. The van der Waals surface area contributed by atoms with Crippen molar-refractivity contribution in [2.45, 2.75) is 31.5 Å². The third-order valence-corrected chi connectivity index (χ3v) is 8.07. The van der Waals surface area contributed by atoms with Crippen molar-refractivity contribution in [1.82, 2.24) is 29.1 Å². The highest BCUT2D eigenvalue weighted by Gasteiger charge is 2.45. The molecule has 3 aromatic heterocycles. The fourth-order valence-electron chi connectivity index (χ4n) is 5.96. The fourth-order valence-corrected chi connectivity index (χ4v) is 5.96. The minimum absolute atomic E-state index is 0.0877. The quantitative estimate of drug-likeness (QED) is 0.364. The molecule has 0 saturated carbocycles. The van der Waals surface area contributed by atoms with Crippen molar-refractivity contribution in [2.75, 3.05) is 19.6 Å². The summed E-state index contributed by atoms with van der Waals surface area (Å²) in [5.74, 6) is -5.15. The predicted molar refractivity (Wildman–Crippen MR) is 140 cm³/mol. The normalized spacial score (nSPS) is 20.7. The number of carbonyl (C=O) groups excluding carboxylic acids is 3. The number of imidazole rings is 1. The molecule has 3 aliphatic heterocycles. The lowest BCUT2D eigenvalue weighted by molar-refractivity contribution is -0.141. The van der Waals surface area contributed by atoms with E-state index in [2.05, 4.69) is 10.3 Å². The second-order valence-electron chi connectivity index (χ2n) is 10.4. The first-order valence-corrected chi connectivity index (χ1v) is 13.1. The van der Waals surface area contributed by atoms with E-state index in [9.17, 15) is 28.3 Å². The van der Waals surface area contributed by atoms with E-state index in [-0.39, 0.29) is 30.9 Å². The minimum atomic E-state index is -3.27. The number of hydrogen-bond donors (Lipinski definition) is 2. The second-order valence-corrected chi connectivity index (χ2v) is 10.4. The maximum atomic E-state index is 15.5. The Kier molecular flexibility index (Phi) is 5.52. The average molecular weight is 565 g/mol. The molecule has 1 unspecified atom stereocenters. The Hall–Kier alpha value is -4.65. The van der Waals surface area contributed by atoms with Crippen LogP contribution in [0.4, 0.5) is 18.0 Å². The molecule has 10 nitrogen and oxygen atoms in total. The van der Waals surface area contributed by atoms with Crippen LogP contribution in [0.2, 0.25) is 0 Å². The molecule has 4 aromatic rings. The summed E-state index contributed by atoms with van der Waals surface area (Å²) in [5.41, 5.74) is 2.73. The van der Waals surface area contributed by atoms with Gasteiger partial charge in [-0.2, -0.15) is 4.39 Å². The fraction of sp³-hybridized carbons (Fsp3) is 0.286. The van der Waals surface area contributed by atoms with E-state index in [1.165, 1.54) is 21.7 Å². The Morgan fingerprint density at radius 3 is 2.68 bits per heavy atom. The number of fused-ring (bicyclic) bond motifs is 1. The molecule has 13 heteroatoms. The molecule has 1 saturated heterocycles. The van der Waals surface area contributed by atoms with Gasteiger partial charge >= 0.3 is 6.03 Å². The summed E-state index contributed by atoms with van der Waals surface area (Å²) < 4.78 is 46.1. The number of nitrogens with one attached hydrogen (secondary N) is 1. The van der Waals surface area contributed by atoms with Crippen LogP contribution in [0.15, 0.2) is 48.8 Å². The van der Waals surface area contributed by atoms with Gasteiger partial charge in [0.15, 0.2) is 5.95 Å². The van der Waals surface area contributed by atoms with Crippen LogP contribution < -0.4 is 5.32 Å². The monoisotopic (exact) mass is 564 g/mol. The number of aromatic nitrogens is 3. The smallest absolute Gasteiger partial charge is 0.321 e. The highest BCUT2D eigenvalue weighted by molar-refractivity contribution is 6.49. The number of nitrogens with zero attached hydrogens (tertiary/aromatic N) is 5. The average Bonchev–Trinajstić information content (AvgIpc) is 3.54. The Morgan fingerprint density at radius 2 is 1.88 bits per heavy atom. The number of likely N-dealkylation sites (tertiary alicyclic amines) is 1. The zero-order chi connectivity index (χ0) is 28.6. The molecule has 2 N–H and O–H groups in total. The minimum Gasteiger partial charge on any atom is -0.385 e. The van der Waals surface area contributed by atoms with E-state index in [0.717, 1.165) is 10.5 Å². The number of halogens is 3. The molecule has 7 rings (SSSR count). The van der Waals surface area contributed by atoms with Crippen LogP contribution in [-0.2, 0) is 22.7 Å². The number of amides is 4. The van der Waals surface area contributed by atoms with Gasteiger partial charge in [-0.3, -0.25) is 23.9 Å². The summed E-state index contributed by atoms with van der Waals surface area (Å²) in [6.45, 7) is -0.764. The molecule has 3 aliphatic rings. The van der Waals surface area contributed by atoms with Crippen LogP contribution in [0, 0.1) is 5.95 Å². The van der Waals surface area contributed by atoms with Crippen molar-refractivity contribution in [3.05, 3.63) is 71.6 Å². The van der Waals surface area contributed by atoms with Gasteiger partial charge in [-0.05, 0) is 29.7 Å². The van der Waals surface area contributed by atoms with Gasteiger partial charge in [-0.25, -0.2) is 18.6 Å². The summed E-state index contributed by atoms with van der Waals surface area (Å²) in [5, 5.41) is 12.6. The Labute approximate surface area is 230 Å². The Balaban J connectivity index is 1.31. The molecule has 4 amide bonds. The molecule has 1 aromatic carbocycles. The summed E-state index contributed by atoms with van der Waals surface area (Å²) in [6.07, 6.45) is 0.930. The Morgan fingerprint density at radius 1 is 1.07 bits per heavy atom. The number of aliphatic hydroxyl groups is 1. The lowest BCUT2D eigenvalue weighted by Gasteiger charge is -2.38. The van der Waals surface area contributed by atoms with Gasteiger partial charge in [-0.15, -0.1) is 0 Å². The number of aliphatic hydroxyl groups excluding tert-OH is 1. The number of piperidine rings is 1. The predicted octanol–water partition coefficient (Wildman–Crippen LogP) is 2.63. The maximum absolute atomic E-state index is 15.5. The number of alkyl halides is 2. The molecule has 1 atom stereocenters. The van der Waals surface area contributed by atoms with E-state index in [4.69, 9.17) is 0 Å². The zero-order valence-electron chi connectivity index (χ0n) is 21.5. The number of urea groups is 1. The molecule has 0 radical (unpaired) electrons. The third kappa shape index (κ3) is 3.83. The van der Waals surface area contributed by atoms with Crippen LogP contribution >= 0.6 is 0 Å². The van der Waals surface area contributed by atoms with Crippen molar-refractivity contribution in [3.8, 4) is 0 Å². The van der Waals surface area contributed by atoms with Gasteiger partial charge in [0, 0.05) is 37.2 Å². The number of hydrogen-bond acceptors (Lipinski definition) is 5. The van der Waals surface area contributed by atoms with Crippen molar-refractivity contribution in [1.29, 1.82) is 0 Å². The highest BCUT2D eigenvalue weighted by Crippen LogP contribution is 2.38. The van der Waals surface area contributed by atoms with Gasteiger partial charge in [-0.1, -0.05) is 18.2 Å². The van der Waals surface area contributed by atoms with E-state index >= 15 is 4.39 Å². The van der Waals surface area contributed by atoms with Gasteiger partial charge in [0.25, 0.3) is 17.7 Å². The van der Waals surface area contributed by atoms with Crippen molar-refractivity contribution < 1.29 is 32.7 Å². The molecule has 210 valence electrons. The van der Waals surface area contributed by atoms with Crippen molar-refractivity contribution in [3.63, 3.8) is 0 Å². The SMILES string of the molecule is O=C1NC(=O)C(c2cnc3ccccn23)=C1c1ccc2c3c1cc(F)n3CN(C(=O)N1CCC(F)(F)C(O)C1)CC2. The lowest BCUT2D eigenvalue weighted by Crippen LogP contribution is -2.55. The first kappa shape index (κ1) is 25.3. The first-order valence-electron chi connectivity index (χ1n) is 13.1. The standard InChI is InChI=1S/C28H23F3N6O4/c29-20-11-17-16(22-23(26(40)33-25(22)39)18-12-32-21-3-1-2-8-36(18)21)5-4-15-6-9-35(14-37(20)24(15)17)27(41)34-10-7-28(30,31)19(38)13-34/h1-5,8,11-12,19,38H,6-7,9-10,13-14H2,(H,33,39,40). The van der Waals surface area contributed by atoms with Crippen molar-refractivity contribution >= 4 is 45.5 Å². The number of carbonyl (C=O) groups is 3. The van der Waals surface area contributed by atoms with E-state index < -0.39 is 48.8 Å².